The molecule has 1 N–H and O–H groups in total. The summed E-state index contributed by atoms with van der Waals surface area (Å²) < 4.78 is 16.9. The van der Waals surface area contributed by atoms with Gasteiger partial charge in [0.1, 0.15) is 13.2 Å². The Morgan fingerprint density at radius 3 is 2.03 bits per heavy atom. The van der Waals surface area contributed by atoms with Gasteiger partial charge in [0.05, 0.1) is 12.2 Å². The van der Waals surface area contributed by atoms with Crippen LogP contribution in [0, 0.1) is 6.92 Å². The maximum atomic E-state index is 12.9. The number of fused-ring (bicyclic) bond motifs is 3. The zero-order valence-electron chi connectivity index (χ0n) is 21.2. The molecular weight excluding hydrogens is 454 g/mol. The van der Waals surface area contributed by atoms with E-state index in [-0.39, 0.29) is 25.7 Å². The molecule has 0 bridgehead atoms. The van der Waals surface area contributed by atoms with Crippen LogP contribution in [0.1, 0.15) is 48.9 Å². The summed E-state index contributed by atoms with van der Waals surface area (Å²) in [5.74, 6) is -0.644. The minimum atomic E-state index is -0.995. The Balaban J connectivity index is 1.39. The molecule has 0 aliphatic heterocycles. The highest BCUT2D eigenvalue weighted by atomic mass is 16.6. The number of rotatable bonds is 8. The highest BCUT2D eigenvalue weighted by Crippen LogP contribution is 2.44. The Morgan fingerprint density at radius 1 is 0.861 bits per heavy atom. The molecule has 0 unspecified atom stereocenters. The average Bonchev–Trinajstić information content (AvgIpc) is 3.18. The molecule has 0 saturated carbocycles. The maximum Gasteiger partial charge on any atom is 0.407 e. The summed E-state index contributed by atoms with van der Waals surface area (Å²) in [6, 6.07) is 23.0. The molecule has 36 heavy (non-hydrogen) atoms. The van der Waals surface area contributed by atoms with Gasteiger partial charge >= 0.3 is 12.1 Å². The highest BCUT2D eigenvalue weighted by Gasteiger charge is 2.30. The molecule has 4 rings (SSSR count). The number of carbonyl (C=O) groups excluding carboxylic acids is 2. The zero-order chi connectivity index (χ0) is 25.7. The number of nitrogens with one attached hydrogen (secondary N) is 1. The van der Waals surface area contributed by atoms with Gasteiger partial charge in [0.2, 0.25) is 0 Å². The lowest BCUT2D eigenvalue weighted by molar-refractivity contribution is -0.150. The Morgan fingerprint density at radius 2 is 1.44 bits per heavy atom. The number of amides is 1. The molecule has 6 heteroatoms. The number of alkyl carbamates (subject to hydrolysis) is 1. The second kappa shape index (κ2) is 11.0. The van der Waals surface area contributed by atoms with E-state index < -0.39 is 23.7 Å². The Kier molecular flexibility index (Phi) is 7.75. The van der Waals surface area contributed by atoms with Crippen molar-refractivity contribution in [1.82, 2.24) is 5.32 Å². The largest absolute Gasteiger partial charge is 0.459 e. The number of ether oxygens (including phenoxy) is 3. The SMILES string of the molecule is Cc1ccc(COC(=O)[C@H](COC(C)(C)C)NC(=O)OCC2c3ccccc3-c3ccccc32)cc1. The number of hydrogen-bond donors (Lipinski definition) is 1. The second-order valence-corrected chi connectivity index (χ2v) is 10.0. The van der Waals surface area contributed by atoms with Crippen molar-refractivity contribution in [3.05, 3.63) is 95.1 Å². The van der Waals surface area contributed by atoms with E-state index in [0.717, 1.165) is 33.4 Å². The molecule has 1 atom stereocenters. The summed E-state index contributed by atoms with van der Waals surface area (Å²) in [5.41, 5.74) is 6.05. The molecule has 1 aliphatic carbocycles. The van der Waals surface area contributed by atoms with Crippen molar-refractivity contribution in [3.63, 3.8) is 0 Å². The minimum Gasteiger partial charge on any atom is -0.459 e. The summed E-state index contributed by atoms with van der Waals surface area (Å²) >= 11 is 0. The summed E-state index contributed by atoms with van der Waals surface area (Å²) in [4.78, 5) is 25.6. The highest BCUT2D eigenvalue weighted by molar-refractivity contribution is 5.82. The topological polar surface area (TPSA) is 73.9 Å². The first-order valence-corrected chi connectivity index (χ1v) is 12.2. The lowest BCUT2D eigenvalue weighted by Crippen LogP contribution is -2.46. The summed E-state index contributed by atoms with van der Waals surface area (Å²) in [5, 5.41) is 2.65. The fourth-order valence-electron chi connectivity index (χ4n) is 4.22. The lowest BCUT2D eigenvalue weighted by Gasteiger charge is -2.24. The van der Waals surface area contributed by atoms with Crippen molar-refractivity contribution in [2.45, 2.75) is 51.9 Å². The lowest BCUT2D eigenvalue weighted by atomic mass is 9.98. The van der Waals surface area contributed by atoms with Crippen LogP contribution in [0.3, 0.4) is 0 Å². The molecule has 6 nitrogen and oxygen atoms in total. The quantitative estimate of drug-likeness (QED) is 0.409. The maximum absolute atomic E-state index is 12.9. The van der Waals surface area contributed by atoms with Crippen molar-refractivity contribution in [2.24, 2.45) is 0 Å². The minimum absolute atomic E-state index is 0.0274. The summed E-state index contributed by atoms with van der Waals surface area (Å²) in [6.45, 7) is 7.88. The number of benzene rings is 3. The summed E-state index contributed by atoms with van der Waals surface area (Å²) in [7, 11) is 0. The van der Waals surface area contributed by atoms with E-state index in [4.69, 9.17) is 14.2 Å². The molecule has 0 heterocycles. The van der Waals surface area contributed by atoms with E-state index in [1.54, 1.807) is 0 Å². The number of carbonyl (C=O) groups is 2. The van der Waals surface area contributed by atoms with Gasteiger partial charge in [-0.1, -0.05) is 78.4 Å². The van der Waals surface area contributed by atoms with Gasteiger partial charge in [0, 0.05) is 5.92 Å². The van der Waals surface area contributed by atoms with Crippen LogP contribution in [0.5, 0.6) is 0 Å². The van der Waals surface area contributed by atoms with Gasteiger partial charge in [-0.15, -0.1) is 0 Å². The Labute approximate surface area is 212 Å². The number of hydrogen-bond acceptors (Lipinski definition) is 5. The van der Waals surface area contributed by atoms with E-state index in [2.05, 4.69) is 29.6 Å². The number of esters is 1. The van der Waals surface area contributed by atoms with E-state index in [0.29, 0.717) is 0 Å². The fourth-order valence-corrected chi connectivity index (χ4v) is 4.22. The van der Waals surface area contributed by atoms with Gasteiger partial charge in [-0.2, -0.15) is 0 Å². The molecule has 1 aliphatic rings. The van der Waals surface area contributed by atoms with Gasteiger partial charge < -0.3 is 19.5 Å². The van der Waals surface area contributed by atoms with Crippen LogP contribution < -0.4 is 5.32 Å². The predicted molar refractivity (Wildman–Crippen MR) is 139 cm³/mol. The van der Waals surface area contributed by atoms with Crippen LogP contribution in [0.15, 0.2) is 72.8 Å². The van der Waals surface area contributed by atoms with Gasteiger partial charge in [-0.3, -0.25) is 0 Å². The van der Waals surface area contributed by atoms with Gasteiger partial charge in [0.25, 0.3) is 0 Å². The molecule has 0 fully saturated rings. The van der Waals surface area contributed by atoms with Crippen LogP contribution in [-0.4, -0.2) is 36.9 Å². The van der Waals surface area contributed by atoms with E-state index in [1.807, 2.05) is 76.2 Å². The molecule has 0 aromatic heterocycles. The first kappa shape index (κ1) is 25.5. The van der Waals surface area contributed by atoms with E-state index >= 15 is 0 Å². The van der Waals surface area contributed by atoms with Crippen LogP contribution in [0.25, 0.3) is 11.1 Å². The Hall–Kier alpha value is -3.64. The van der Waals surface area contributed by atoms with E-state index in [9.17, 15) is 9.59 Å². The van der Waals surface area contributed by atoms with Crippen molar-refractivity contribution in [1.29, 1.82) is 0 Å². The van der Waals surface area contributed by atoms with Crippen LogP contribution in [0.2, 0.25) is 0 Å². The standard InChI is InChI=1S/C30H33NO5/c1-20-13-15-21(16-14-20)17-34-28(32)27(19-36-30(2,3)4)31-29(33)35-18-26-24-11-7-5-9-22(24)23-10-6-8-12-25(23)26/h5-16,26-27H,17-19H2,1-4H3,(H,31,33)/t27-/m0/s1. The van der Waals surface area contributed by atoms with Crippen molar-refractivity contribution in [2.75, 3.05) is 13.2 Å². The van der Waals surface area contributed by atoms with Gasteiger partial charge in [-0.25, -0.2) is 9.59 Å². The average molecular weight is 488 g/mol. The molecule has 3 aromatic carbocycles. The summed E-state index contributed by atoms with van der Waals surface area (Å²) in [6.07, 6.45) is -0.688. The van der Waals surface area contributed by atoms with E-state index in [1.165, 1.54) is 0 Å². The zero-order valence-corrected chi connectivity index (χ0v) is 21.2. The van der Waals surface area contributed by atoms with Crippen LogP contribution in [-0.2, 0) is 25.6 Å². The smallest absolute Gasteiger partial charge is 0.407 e. The predicted octanol–water partition coefficient (Wildman–Crippen LogP) is 5.76. The monoisotopic (exact) mass is 487 g/mol. The van der Waals surface area contributed by atoms with Crippen molar-refractivity contribution >= 4 is 12.1 Å². The molecular formula is C30H33NO5. The normalized spacial score (nSPS) is 13.4. The first-order valence-electron chi connectivity index (χ1n) is 12.2. The third kappa shape index (κ3) is 6.32. The Bertz CT molecular complexity index is 1170. The molecule has 0 saturated heterocycles. The number of aryl methyl sites for hydroxylation is 1. The molecule has 1 amide bonds. The molecule has 0 radical (unpaired) electrons. The molecule has 188 valence electrons. The second-order valence-electron chi connectivity index (χ2n) is 10.0. The third-order valence-corrected chi connectivity index (χ3v) is 6.10. The van der Waals surface area contributed by atoms with Crippen LogP contribution in [0.4, 0.5) is 4.79 Å². The van der Waals surface area contributed by atoms with Gasteiger partial charge in [-0.05, 0) is 55.5 Å². The van der Waals surface area contributed by atoms with Crippen molar-refractivity contribution < 1.29 is 23.8 Å². The fraction of sp³-hybridized carbons (Fsp3) is 0.333. The van der Waals surface area contributed by atoms with Gasteiger partial charge in [0.15, 0.2) is 6.04 Å². The third-order valence-electron chi connectivity index (χ3n) is 6.10. The van der Waals surface area contributed by atoms with Crippen LogP contribution >= 0.6 is 0 Å². The molecule has 3 aromatic rings. The first-order chi connectivity index (χ1) is 17.2. The molecule has 0 spiro atoms. The van der Waals surface area contributed by atoms with Crippen molar-refractivity contribution in [3.8, 4) is 11.1 Å².